The number of hydrogen-bond donors (Lipinski definition) is 2. The van der Waals surface area contributed by atoms with Gasteiger partial charge in [-0.1, -0.05) is 6.92 Å². The number of fused-ring (bicyclic) bond motifs is 1. The number of hydrogen-bond acceptors (Lipinski definition) is 2. The summed E-state index contributed by atoms with van der Waals surface area (Å²) in [7, 11) is 0. The number of nitrogens with one attached hydrogen (secondary N) is 1. The Morgan fingerprint density at radius 1 is 1.35 bits per heavy atom. The molecule has 0 radical (unpaired) electrons. The van der Waals surface area contributed by atoms with Gasteiger partial charge in [0.05, 0.1) is 5.92 Å². The van der Waals surface area contributed by atoms with Crippen LogP contribution in [0, 0.1) is 5.92 Å². The first kappa shape index (κ1) is 14.1. The van der Waals surface area contributed by atoms with Gasteiger partial charge < -0.3 is 15.0 Å². The lowest BCUT2D eigenvalue weighted by molar-refractivity contribution is -0.141. The number of aromatic amines is 1. The van der Waals surface area contributed by atoms with Gasteiger partial charge in [0.1, 0.15) is 0 Å². The number of benzene rings is 1. The minimum Gasteiger partial charge on any atom is -0.481 e. The van der Waals surface area contributed by atoms with Crippen LogP contribution in [0.4, 0.5) is 0 Å². The lowest BCUT2D eigenvalue weighted by Gasteiger charge is -2.23. The summed E-state index contributed by atoms with van der Waals surface area (Å²) >= 11 is 0. The summed E-state index contributed by atoms with van der Waals surface area (Å²) in [4.78, 5) is 28.0. The van der Waals surface area contributed by atoms with Crippen molar-refractivity contribution in [1.82, 2.24) is 9.88 Å². The number of carbonyl (C=O) groups is 2. The number of aromatic nitrogens is 1. The highest BCUT2D eigenvalue weighted by Gasteiger charge is 2.20. The largest absolute Gasteiger partial charge is 0.481 e. The summed E-state index contributed by atoms with van der Waals surface area (Å²) in [5.74, 6) is -1.60. The summed E-state index contributed by atoms with van der Waals surface area (Å²) < 4.78 is 0. The molecule has 0 aliphatic carbocycles. The van der Waals surface area contributed by atoms with Crippen molar-refractivity contribution >= 4 is 22.8 Å². The van der Waals surface area contributed by atoms with Gasteiger partial charge >= 0.3 is 5.97 Å². The Labute approximate surface area is 117 Å². The van der Waals surface area contributed by atoms with E-state index in [0.717, 1.165) is 10.9 Å². The maximum Gasteiger partial charge on any atom is 0.308 e. The summed E-state index contributed by atoms with van der Waals surface area (Å²) in [6.45, 7) is 4.16. The van der Waals surface area contributed by atoms with Crippen molar-refractivity contribution in [2.24, 2.45) is 5.92 Å². The van der Waals surface area contributed by atoms with Crippen LogP contribution < -0.4 is 0 Å². The Morgan fingerprint density at radius 3 is 2.75 bits per heavy atom. The molecule has 1 unspecified atom stereocenters. The molecule has 1 aromatic carbocycles. The molecule has 0 bridgehead atoms. The minimum atomic E-state index is -0.891. The Hall–Kier alpha value is -2.30. The van der Waals surface area contributed by atoms with Crippen LogP contribution >= 0.6 is 0 Å². The van der Waals surface area contributed by atoms with Crippen LogP contribution in [-0.2, 0) is 4.79 Å². The van der Waals surface area contributed by atoms with Crippen LogP contribution in [0.3, 0.4) is 0 Å². The van der Waals surface area contributed by atoms with E-state index in [9.17, 15) is 9.59 Å². The van der Waals surface area contributed by atoms with E-state index in [1.165, 1.54) is 0 Å². The smallest absolute Gasteiger partial charge is 0.308 e. The molecule has 5 heteroatoms. The molecule has 0 aliphatic rings. The van der Waals surface area contributed by atoms with Gasteiger partial charge in [0.2, 0.25) is 0 Å². The van der Waals surface area contributed by atoms with Crippen LogP contribution in [0.2, 0.25) is 0 Å². The molecule has 2 N–H and O–H groups in total. The van der Waals surface area contributed by atoms with Crippen molar-refractivity contribution < 1.29 is 14.7 Å². The van der Waals surface area contributed by atoms with E-state index in [4.69, 9.17) is 5.11 Å². The van der Waals surface area contributed by atoms with Crippen LogP contribution in [0.25, 0.3) is 10.9 Å². The fraction of sp³-hybridized carbons (Fsp3) is 0.333. The molecule has 0 aliphatic heterocycles. The van der Waals surface area contributed by atoms with E-state index in [1.54, 1.807) is 17.9 Å². The van der Waals surface area contributed by atoms with Gasteiger partial charge in [-0.05, 0) is 31.2 Å². The summed E-state index contributed by atoms with van der Waals surface area (Å²) in [5.41, 5.74) is 1.56. The molecule has 20 heavy (non-hydrogen) atoms. The predicted molar refractivity (Wildman–Crippen MR) is 76.7 cm³/mol. The number of H-pyrrole nitrogens is 1. The standard InChI is InChI=1S/C15H18N2O3/c1-3-17(9-10(2)15(19)20)14(18)12-4-5-13-11(8-12)6-7-16-13/h4-8,10,16H,3,9H2,1-2H3,(H,19,20). The first-order chi connectivity index (χ1) is 9.52. The fourth-order valence-electron chi connectivity index (χ4n) is 2.13. The van der Waals surface area contributed by atoms with Crippen molar-refractivity contribution in [2.75, 3.05) is 13.1 Å². The molecule has 0 spiro atoms. The zero-order valence-corrected chi connectivity index (χ0v) is 11.6. The third-order valence-corrected chi connectivity index (χ3v) is 3.38. The average molecular weight is 274 g/mol. The van der Waals surface area contributed by atoms with Crippen molar-refractivity contribution in [3.63, 3.8) is 0 Å². The molecular formula is C15H18N2O3. The highest BCUT2D eigenvalue weighted by atomic mass is 16.4. The van der Waals surface area contributed by atoms with Gasteiger partial charge in [-0.25, -0.2) is 0 Å². The fourth-order valence-corrected chi connectivity index (χ4v) is 2.13. The molecular weight excluding hydrogens is 256 g/mol. The molecule has 1 heterocycles. The zero-order chi connectivity index (χ0) is 14.7. The normalized spacial score (nSPS) is 12.3. The SMILES string of the molecule is CCN(CC(C)C(=O)O)C(=O)c1ccc2[nH]ccc2c1. The summed E-state index contributed by atoms with van der Waals surface area (Å²) in [6.07, 6.45) is 1.82. The number of rotatable bonds is 5. The van der Waals surface area contributed by atoms with Crippen molar-refractivity contribution in [3.05, 3.63) is 36.0 Å². The second-order valence-electron chi connectivity index (χ2n) is 4.86. The molecule has 0 saturated heterocycles. The molecule has 2 rings (SSSR count). The number of amides is 1. The summed E-state index contributed by atoms with van der Waals surface area (Å²) in [5, 5.41) is 9.92. The van der Waals surface area contributed by atoms with E-state index in [1.807, 2.05) is 31.3 Å². The van der Waals surface area contributed by atoms with Gasteiger partial charge in [-0.15, -0.1) is 0 Å². The van der Waals surface area contributed by atoms with Crippen molar-refractivity contribution in [2.45, 2.75) is 13.8 Å². The zero-order valence-electron chi connectivity index (χ0n) is 11.6. The maximum absolute atomic E-state index is 12.4. The molecule has 0 fully saturated rings. The monoisotopic (exact) mass is 274 g/mol. The third kappa shape index (κ3) is 2.82. The Bertz CT molecular complexity index is 633. The maximum atomic E-state index is 12.4. The quantitative estimate of drug-likeness (QED) is 0.879. The molecule has 0 saturated carbocycles. The van der Waals surface area contributed by atoms with E-state index < -0.39 is 11.9 Å². The first-order valence-electron chi connectivity index (χ1n) is 6.62. The second-order valence-corrected chi connectivity index (χ2v) is 4.86. The van der Waals surface area contributed by atoms with Crippen LogP contribution in [0.15, 0.2) is 30.5 Å². The van der Waals surface area contributed by atoms with E-state index in [-0.39, 0.29) is 12.5 Å². The van der Waals surface area contributed by atoms with Crippen LogP contribution in [0.5, 0.6) is 0 Å². The van der Waals surface area contributed by atoms with E-state index in [0.29, 0.717) is 12.1 Å². The van der Waals surface area contributed by atoms with Gasteiger partial charge in [0, 0.05) is 35.8 Å². The number of aliphatic carboxylic acids is 1. The predicted octanol–water partition coefficient (Wildman–Crippen LogP) is 2.35. The molecule has 1 amide bonds. The molecule has 106 valence electrons. The third-order valence-electron chi connectivity index (χ3n) is 3.38. The van der Waals surface area contributed by atoms with Crippen LogP contribution in [-0.4, -0.2) is 40.0 Å². The number of carboxylic acids is 1. The molecule has 5 nitrogen and oxygen atoms in total. The van der Waals surface area contributed by atoms with Crippen molar-refractivity contribution in [3.8, 4) is 0 Å². The summed E-state index contributed by atoms with van der Waals surface area (Å²) in [6, 6.07) is 7.34. The van der Waals surface area contributed by atoms with Gasteiger partial charge in [0.25, 0.3) is 5.91 Å². The lowest BCUT2D eigenvalue weighted by atomic mass is 10.1. The lowest BCUT2D eigenvalue weighted by Crippen LogP contribution is -2.36. The highest BCUT2D eigenvalue weighted by molar-refractivity contribution is 5.98. The van der Waals surface area contributed by atoms with Gasteiger partial charge in [-0.3, -0.25) is 9.59 Å². The number of carbonyl (C=O) groups excluding carboxylic acids is 1. The van der Waals surface area contributed by atoms with Crippen molar-refractivity contribution in [1.29, 1.82) is 0 Å². The Balaban J connectivity index is 2.20. The average Bonchev–Trinajstić information content (AvgIpc) is 2.90. The molecule has 1 aromatic heterocycles. The first-order valence-corrected chi connectivity index (χ1v) is 6.62. The Morgan fingerprint density at radius 2 is 2.10 bits per heavy atom. The van der Waals surface area contributed by atoms with Crippen LogP contribution in [0.1, 0.15) is 24.2 Å². The highest BCUT2D eigenvalue weighted by Crippen LogP contribution is 2.16. The van der Waals surface area contributed by atoms with Gasteiger partial charge in [-0.2, -0.15) is 0 Å². The molecule has 1 atom stereocenters. The molecule has 2 aromatic rings. The van der Waals surface area contributed by atoms with E-state index >= 15 is 0 Å². The van der Waals surface area contributed by atoms with E-state index in [2.05, 4.69) is 4.98 Å². The number of nitrogens with zero attached hydrogens (tertiary/aromatic N) is 1. The second kappa shape index (κ2) is 5.77. The van der Waals surface area contributed by atoms with Gasteiger partial charge in [0.15, 0.2) is 0 Å². The topological polar surface area (TPSA) is 73.4 Å². The Kier molecular flexibility index (Phi) is 4.08. The number of carboxylic acid groups (broad SMARTS) is 1. The minimum absolute atomic E-state index is 0.135.